The van der Waals surface area contributed by atoms with Crippen molar-refractivity contribution >= 4 is 34.9 Å². The van der Waals surface area contributed by atoms with Gasteiger partial charge >= 0.3 is 12.4 Å². The molecule has 0 aliphatic carbocycles. The SMILES string of the molecule is Cl.FC(F)(F)c1cccc(C2CCCN(CC(Cc3cc4ccc(Cl)cc4[nH]3)C(F)(F)F)C2)c1. The number of H-pyrrole nitrogens is 1. The van der Waals surface area contributed by atoms with E-state index in [1.807, 2.05) is 0 Å². The zero-order chi connectivity index (χ0) is 23.8. The van der Waals surface area contributed by atoms with Crippen molar-refractivity contribution in [1.29, 1.82) is 0 Å². The van der Waals surface area contributed by atoms with Crippen LogP contribution in [-0.2, 0) is 12.6 Å². The van der Waals surface area contributed by atoms with E-state index in [1.54, 1.807) is 35.2 Å². The minimum atomic E-state index is -4.45. The highest BCUT2D eigenvalue weighted by Gasteiger charge is 2.41. The van der Waals surface area contributed by atoms with Gasteiger partial charge in [0.1, 0.15) is 0 Å². The Hall–Kier alpha value is -1.90. The summed E-state index contributed by atoms with van der Waals surface area (Å²) in [4.78, 5) is 4.75. The third kappa shape index (κ3) is 6.40. The van der Waals surface area contributed by atoms with Gasteiger partial charge in [-0.2, -0.15) is 26.3 Å². The zero-order valence-corrected chi connectivity index (χ0v) is 19.6. The number of benzene rings is 2. The van der Waals surface area contributed by atoms with Gasteiger partial charge in [0.15, 0.2) is 0 Å². The summed E-state index contributed by atoms with van der Waals surface area (Å²) in [7, 11) is 0. The minimum absolute atomic E-state index is 0. The van der Waals surface area contributed by atoms with Crippen molar-refractivity contribution in [2.24, 2.45) is 5.92 Å². The molecule has 2 aromatic carbocycles. The minimum Gasteiger partial charge on any atom is -0.358 e. The molecule has 1 aliphatic rings. The molecule has 0 amide bonds. The van der Waals surface area contributed by atoms with Gasteiger partial charge in [-0.15, -0.1) is 12.4 Å². The lowest BCUT2D eigenvalue weighted by atomic mass is 9.89. The van der Waals surface area contributed by atoms with Gasteiger partial charge in [0.05, 0.1) is 11.5 Å². The molecule has 0 radical (unpaired) electrons. The Morgan fingerprint density at radius 3 is 2.50 bits per heavy atom. The number of hydrogen-bond acceptors (Lipinski definition) is 1. The summed E-state index contributed by atoms with van der Waals surface area (Å²) in [6, 6.07) is 11.9. The Bertz CT molecular complexity index is 1110. The first-order chi connectivity index (χ1) is 15.5. The lowest BCUT2D eigenvalue weighted by Crippen LogP contribution is -2.42. The van der Waals surface area contributed by atoms with Crippen LogP contribution in [0, 0.1) is 5.92 Å². The number of aromatic nitrogens is 1. The summed E-state index contributed by atoms with van der Waals surface area (Å²) in [6.45, 7) is 0.593. The van der Waals surface area contributed by atoms with Crippen molar-refractivity contribution in [2.75, 3.05) is 19.6 Å². The molecule has 3 aromatic rings. The van der Waals surface area contributed by atoms with Gasteiger partial charge in [-0.25, -0.2) is 0 Å². The fourth-order valence-electron chi connectivity index (χ4n) is 4.59. The van der Waals surface area contributed by atoms with Gasteiger partial charge in [-0.3, -0.25) is 0 Å². The Morgan fingerprint density at radius 2 is 1.79 bits per heavy atom. The quantitative estimate of drug-likeness (QED) is 0.336. The standard InChI is InChI=1S/C24H23ClF6N2.ClH/c25-20-7-6-16-10-21(32-22(16)12-20)11-19(24(29,30)31)14-33-8-2-4-17(13-33)15-3-1-5-18(9-15)23(26,27)28;/h1,3,5-7,9-10,12,17,19,32H,2,4,8,11,13-14H2;1H. The second-order valence-corrected chi connectivity index (χ2v) is 9.13. The van der Waals surface area contributed by atoms with Gasteiger partial charge in [0.2, 0.25) is 0 Å². The van der Waals surface area contributed by atoms with Crippen LogP contribution in [0.4, 0.5) is 26.3 Å². The van der Waals surface area contributed by atoms with Crippen LogP contribution in [0.3, 0.4) is 0 Å². The molecule has 2 unspecified atom stereocenters. The fraction of sp³-hybridized carbons (Fsp3) is 0.417. The highest BCUT2D eigenvalue weighted by Crippen LogP contribution is 2.36. The Morgan fingerprint density at radius 1 is 1.03 bits per heavy atom. The molecule has 1 N–H and O–H groups in total. The number of halogens is 8. The highest BCUT2D eigenvalue weighted by atomic mass is 35.5. The van der Waals surface area contributed by atoms with Crippen LogP contribution in [0.2, 0.25) is 5.02 Å². The van der Waals surface area contributed by atoms with E-state index in [0.717, 1.165) is 17.5 Å². The summed E-state index contributed by atoms with van der Waals surface area (Å²) in [6.07, 6.45) is -7.78. The number of alkyl halides is 6. The maximum Gasteiger partial charge on any atom is 0.416 e. The van der Waals surface area contributed by atoms with Gasteiger partial charge in [0.25, 0.3) is 0 Å². The summed E-state index contributed by atoms with van der Waals surface area (Å²) < 4.78 is 80.9. The first-order valence-electron chi connectivity index (χ1n) is 10.7. The number of nitrogens with one attached hydrogen (secondary N) is 1. The Balaban J connectivity index is 0.00000324. The van der Waals surface area contributed by atoms with Gasteiger partial charge in [-0.05, 0) is 60.5 Å². The van der Waals surface area contributed by atoms with E-state index >= 15 is 0 Å². The van der Waals surface area contributed by atoms with Crippen molar-refractivity contribution in [1.82, 2.24) is 9.88 Å². The molecule has 1 aromatic heterocycles. The molecule has 2 heterocycles. The normalized spacial score (nSPS) is 18.6. The van der Waals surface area contributed by atoms with E-state index < -0.39 is 23.8 Å². The predicted molar refractivity (Wildman–Crippen MR) is 124 cm³/mol. The highest BCUT2D eigenvalue weighted by molar-refractivity contribution is 6.31. The molecule has 186 valence electrons. The van der Waals surface area contributed by atoms with E-state index in [9.17, 15) is 26.3 Å². The molecule has 0 saturated carbocycles. The van der Waals surface area contributed by atoms with Crippen LogP contribution >= 0.6 is 24.0 Å². The van der Waals surface area contributed by atoms with Crippen LogP contribution in [-0.4, -0.2) is 35.7 Å². The molecule has 2 atom stereocenters. The second kappa shape index (κ2) is 10.4. The number of aromatic amines is 1. The van der Waals surface area contributed by atoms with Crippen LogP contribution in [0.15, 0.2) is 48.5 Å². The molecule has 2 nitrogen and oxygen atoms in total. The summed E-state index contributed by atoms with van der Waals surface area (Å²) in [5, 5.41) is 1.29. The first kappa shape index (κ1) is 26.7. The van der Waals surface area contributed by atoms with Crippen molar-refractivity contribution in [3.05, 3.63) is 70.4 Å². The Labute approximate surface area is 204 Å². The van der Waals surface area contributed by atoms with Crippen molar-refractivity contribution < 1.29 is 26.3 Å². The molecule has 0 spiro atoms. The fourth-order valence-corrected chi connectivity index (χ4v) is 4.76. The molecule has 10 heteroatoms. The summed E-state index contributed by atoms with van der Waals surface area (Å²) >= 11 is 5.96. The maximum absolute atomic E-state index is 13.9. The zero-order valence-electron chi connectivity index (χ0n) is 18.0. The lowest BCUT2D eigenvalue weighted by molar-refractivity contribution is -0.179. The summed E-state index contributed by atoms with van der Waals surface area (Å²) in [5.41, 5.74) is 0.942. The topological polar surface area (TPSA) is 19.0 Å². The largest absolute Gasteiger partial charge is 0.416 e. The monoisotopic (exact) mass is 524 g/mol. The van der Waals surface area contributed by atoms with Crippen LogP contribution in [0.1, 0.15) is 35.6 Å². The number of nitrogens with zero attached hydrogens (tertiary/aromatic N) is 1. The number of fused-ring (bicyclic) bond motifs is 1. The number of rotatable bonds is 5. The van der Waals surface area contributed by atoms with E-state index in [1.165, 1.54) is 6.07 Å². The predicted octanol–water partition coefficient (Wildman–Crippen LogP) is 7.86. The molecular weight excluding hydrogens is 501 g/mol. The molecule has 34 heavy (non-hydrogen) atoms. The second-order valence-electron chi connectivity index (χ2n) is 8.69. The average Bonchev–Trinajstić information content (AvgIpc) is 3.14. The van der Waals surface area contributed by atoms with Gasteiger partial charge in [-0.1, -0.05) is 35.9 Å². The number of likely N-dealkylation sites (tertiary alicyclic amines) is 1. The molecule has 1 aliphatic heterocycles. The van der Waals surface area contributed by atoms with Crippen LogP contribution in [0.5, 0.6) is 0 Å². The van der Waals surface area contributed by atoms with Crippen molar-refractivity contribution in [3.63, 3.8) is 0 Å². The van der Waals surface area contributed by atoms with E-state index in [4.69, 9.17) is 11.6 Å². The molecule has 1 fully saturated rings. The lowest BCUT2D eigenvalue weighted by Gasteiger charge is -2.36. The number of hydrogen-bond donors (Lipinski definition) is 1. The third-order valence-corrected chi connectivity index (χ3v) is 6.47. The summed E-state index contributed by atoms with van der Waals surface area (Å²) in [5.74, 6) is -1.83. The van der Waals surface area contributed by atoms with E-state index in [2.05, 4.69) is 4.98 Å². The molecule has 1 saturated heterocycles. The van der Waals surface area contributed by atoms with Crippen LogP contribution in [0.25, 0.3) is 10.9 Å². The van der Waals surface area contributed by atoms with Gasteiger partial charge < -0.3 is 9.88 Å². The van der Waals surface area contributed by atoms with E-state index in [-0.39, 0.29) is 31.3 Å². The third-order valence-electron chi connectivity index (χ3n) is 6.24. The van der Waals surface area contributed by atoms with Crippen molar-refractivity contribution in [3.8, 4) is 0 Å². The van der Waals surface area contributed by atoms with Gasteiger partial charge in [0, 0.05) is 35.7 Å². The molecular formula is C24H24Cl2F6N2. The smallest absolute Gasteiger partial charge is 0.358 e. The molecule has 4 rings (SSSR count). The van der Waals surface area contributed by atoms with Crippen molar-refractivity contribution in [2.45, 2.75) is 37.5 Å². The van der Waals surface area contributed by atoms with E-state index in [0.29, 0.717) is 47.7 Å². The number of piperidine rings is 1. The van der Waals surface area contributed by atoms with Crippen LogP contribution < -0.4 is 0 Å². The Kier molecular flexibility index (Phi) is 8.15. The maximum atomic E-state index is 13.9. The first-order valence-corrected chi connectivity index (χ1v) is 11.1. The molecule has 0 bridgehead atoms. The average molecular weight is 525 g/mol.